The van der Waals surface area contributed by atoms with Crippen molar-refractivity contribution in [1.29, 1.82) is 0 Å². The summed E-state index contributed by atoms with van der Waals surface area (Å²) in [5.41, 5.74) is 5.81. The van der Waals surface area contributed by atoms with Crippen LogP contribution in [0.1, 0.15) is 68.0 Å². The second-order valence-corrected chi connectivity index (χ2v) is 10.2. The van der Waals surface area contributed by atoms with Crippen molar-refractivity contribution in [2.75, 3.05) is 13.2 Å². The number of benzene rings is 3. The quantitative estimate of drug-likeness (QED) is 0.185. The molecule has 1 unspecified atom stereocenters. The first kappa shape index (κ1) is 27.4. The molecule has 1 atom stereocenters. The van der Waals surface area contributed by atoms with Gasteiger partial charge in [-0.2, -0.15) is 0 Å². The van der Waals surface area contributed by atoms with Crippen molar-refractivity contribution in [2.45, 2.75) is 71.8 Å². The van der Waals surface area contributed by atoms with Gasteiger partial charge in [0.1, 0.15) is 11.6 Å². The van der Waals surface area contributed by atoms with E-state index in [4.69, 9.17) is 9.72 Å². The molecule has 0 bridgehead atoms. The minimum Gasteiger partial charge on any atom is -0.494 e. The summed E-state index contributed by atoms with van der Waals surface area (Å²) in [5.74, 6) is 2.68. The molecular weight excluding hydrogens is 470 g/mol. The van der Waals surface area contributed by atoms with Crippen LogP contribution in [-0.4, -0.2) is 28.6 Å². The number of fused-ring (bicyclic) bond motifs is 1. The number of nitrogens with one attached hydrogen (secondary N) is 1. The van der Waals surface area contributed by atoms with E-state index in [1.807, 2.05) is 37.3 Å². The Labute approximate surface area is 227 Å². The average molecular weight is 512 g/mol. The number of carbonyl (C=O) groups is 1. The van der Waals surface area contributed by atoms with Gasteiger partial charge in [-0.3, -0.25) is 4.79 Å². The maximum Gasteiger partial charge on any atom is 0.224 e. The second-order valence-electron chi connectivity index (χ2n) is 10.2. The summed E-state index contributed by atoms with van der Waals surface area (Å²) in [6.07, 6.45) is 5.26. The summed E-state index contributed by atoms with van der Waals surface area (Å²) in [6.45, 7) is 8.79. The van der Waals surface area contributed by atoms with E-state index in [9.17, 15) is 4.79 Å². The number of imidazole rings is 1. The molecule has 200 valence electrons. The first-order valence-electron chi connectivity index (χ1n) is 14.0. The largest absolute Gasteiger partial charge is 0.494 e. The summed E-state index contributed by atoms with van der Waals surface area (Å²) in [7, 11) is 0. The Hall–Kier alpha value is -3.60. The highest BCUT2D eigenvalue weighted by atomic mass is 16.5. The molecule has 1 amide bonds. The minimum atomic E-state index is 0.0716. The van der Waals surface area contributed by atoms with Crippen molar-refractivity contribution in [1.82, 2.24) is 14.9 Å². The van der Waals surface area contributed by atoms with Crippen LogP contribution in [0.3, 0.4) is 0 Å². The summed E-state index contributed by atoms with van der Waals surface area (Å²) >= 11 is 0. The molecule has 0 saturated carbocycles. The van der Waals surface area contributed by atoms with Crippen molar-refractivity contribution < 1.29 is 9.53 Å². The van der Waals surface area contributed by atoms with E-state index >= 15 is 0 Å². The molecule has 5 heteroatoms. The van der Waals surface area contributed by atoms with Crippen LogP contribution in [0.2, 0.25) is 0 Å². The third-order valence-corrected chi connectivity index (χ3v) is 7.35. The van der Waals surface area contributed by atoms with Crippen LogP contribution in [0.15, 0.2) is 72.8 Å². The third kappa shape index (κ3) is 7.47. The number of carbonyl (C=O) groups excluding carboxylic acids is 1. The number of aryl methyl sites for hydroxylation is 3. The zero-order valence-corrected chi connectivity index (χ0v) is 23.1. The van der Waals surface area contributed by atoms with Crippen LogP contribution in [0.5, 0.6) is 5.75 Å². The number of aromatic nitrogens is 2. The van der Waals surface area contributed by atoms with Gasteiger partial charge in [-0.1, -0.05) is 62.4 Å². The van der Waals surface area contributed by atoms with Crippen molar-refractivity contribution in [2.24, 2.45) is 0 Å². The minimum absolute atomic E-state index is 0.0716. The first-order valence-corrected chi connectivity index (χ1v) is 14.0. The zero-order valence-electron chi connectivity index (χ0n) is 23.1. The van der Waals surface area contributed by atoms with Crippen molar-refractivity contribution >= 4 is 16.9 Å². The molecule has 0 fully saturated rings. The molecule has 1 aromatic heterocycles. The molecule has 1 N–H and O–H groups in total. The van der Waals surface area contributed by atoms with Gasteiger partial charge in [0.2, 0.25) is 5.91 Å². The lowest BCUT2D eigenvalue weighted by molar-refractivity contribution is -0.120. The zero-order chi connectivity index (χ0) is 26.7. The molecule has 4 rings (SSSR count). The first-order chi connectivity index (χ1) is 18.5. The Kier molecular flexibility index (Phi) is 9.97. The fraction of sp³-hybridized carbons (Fsp3) is 0.394. The number of para-hydroxylation sites is 2. The fourth-order valence-electron chi connectivity index (χ4n) is 4.77. The van der Waals surface area contributed by atoms with E-state index in [-0.39, 0.29) is 5.91 Å². The van der Waals surface area contributed by atoms with E-state index in [2.05, 4.69) is 66.2 Å². The number of unbranched alkanes of at least 4 members (excludes halogenated alkanes) is 1. The van der Waals surface area contributed by atoms with Crippen molar-refractivity contribution in [3.8, 4) is 5.75 Å². The lowest BCUT2D eigenvalue weighted by Crippen LogP contribution is -2.26. The molecule has 3 aromatic carbocycles. The van der Waals surface area contributed by atoms with Crippen molar-refractivity contribution in [3.63, 3.8) is 0 Å². The highest BCUT2D eigenvalue weighted by Gasteiger charge is 2.11. The smallest absolute Gasteiger partial charge is 0.224 e. The van der Waals surface area contributed by atoms with Gasteiger partial charge in [-0.25, -0.2) is 4.98 Å². The van der Waals surface area contributed by atoms with Gasteiger partial charge in [0.25, 0.3) is 0 Å². The van der Waals surface area contributed by atoms with Gasteiger partial charge in [-0.05, 0) is 79.5 Å². The second kappa shape index (κ2) is 13.8. The number of nitrogens with zero attached hydrogens (tertiary/aromatic N) is 2. The fourth-order valence-corrected chi connectivity index (χ4v) is 4.77. The molecular formula is C33H41N3O2. The highest BCUT2D eigenvalue weighted by molar-refractivity contribution is 5.79. The Bertz CT molecular complexity index is 1310. The van der Waals surface area contributed by atoms with E-state index in [1.165, 1.54) is 11.1 Å². The summed E-state index contributed by atoms with van der Waals surface area (Å²) in [5, 5.41) is 3.08. The van der Waals surface area contributed by atoms with Gasteiger partial charge in [0, 0.05) is 19.5 Å². The molecule has 1 heterocycles. The Morgan fingerprint density at radius 1 is 0.974 bits per heavy atom. The highest BCUT2D eigenvalue weighted by Crippen LogP contribution is 2.22. The standard InChI is InChI=1S/C33H41N3O2/c1-4-25(2)27-17-19-29(20-18-27)38-23-10-9-22-36-31-15-8-7-14-30(31)35-32(36)16-11-21-34-33(37)24-28-13-6-5-12-26(28)3/h5-8,12-15,17-20,25H,4,9-11,16,21-24H2,1-3H3,(H,34,37). The molecule has 0 aliphatic heterocycles. The molecule has 0 saturated heterocycles. The lowest BCUT2D eigenvalue weighted by Gasteiger charge is -2.12. The molecule has 0 radical (unpaired) electrons. The monoisotopic (exact) mass is 511 g/mol. The normalized spacial score (nSPS) is 12.0. The van der Waals surface area contributed by atoms with Gasteiger partial charge >= 0.3 is 0 Å². The molecule has 38 heavy (non-hydrogen) atoms. The SMILES string of the molecule is CCC(C)c1ccc(OCCCCn2c(CCCNC(=O)Cc3ccccc3C)nc3ccccc32)cc1. The van der Waals surface area contributed by atoms with Crippen LogP contribution in [-0.2, 0) is 24.2 Å². The Balaban J connectivity index is 1.24. The average Bonchev–Trinajstić information content (AvgIpc) is 3.29. The van der Waals surface area contributed by atoms with Crippen LogP contribution in [0.4, 0.5) is 0 Å². The van der Waals surface area contributed by atoms with Crippen LogP contribution in [0, 0.1) is 6.92 Å². The van der Waals surface area contributed by atoms with Gasteiger partial charge in [0.15, 0.2) is 0 Å². The van der Waals surface area contributed by atoms with E-state index in [0.29, 0.717) is 25.5 Å². The van der Waals surface area contributed by atoms with Gasteiger partial charge in [-0.15, -0.1) is 0 Å². The number of ether oxygens (including phenoxy) is 1. The molecule has 5 nitrogen and oxygen atoms in total. The summed E-state index contributed by atoms with van der Waals surface area (Å²) < 4.78 is 8.34. The van der Waals surface area contributed by atoms with Crippen LogP contribution in [0.25, 0.3) is 11.0 Å². The Morgan fingerprint density at radius 3 is 2.53 bits per heavy atom. The molecule has 0 spiro atoms. The predicted molar refractivity (Wildman–Crippen MR) is 156 cm³/mol. The molecule has 0 aliphatic rings. The maximum atomic E-state index is 12.4. The van der Waals surface area contributed by atoms with E-state index in [0.717, 1.165) is 66.9 Å². The summed E-state index contributed by atoms with van der Waals surface area (Å²) in [6, 6.07) is 24.9. The summed E-state index contributed by atoms with van der Waals surface area (Å²) in [4.78, 5) is 17.3. The molecule has 0 aliphatic carbocycles. The molecule has 4 aromatic rings. The van der Waals surface area contributed by atoms with Gasteiger partial charge < -0.3 is 14.6 Å². The van der Waals surface area contributed by atoms with E-state index in [1.54, 1.807) is 0 Å². The van der Waals surface area contributed by atoms with Crippen molar-refractivity contribution in [3.05, 3.63) is 95.3 Å². The number of amides is 1. The Morgan fingerprint density at radius 2 is 1.74 bits per heavy atom. The van der Waals surface area contributed by atoms with E-state index < -0.39 is 0 Å². The number of rotatable bonds is 14. The number of hydrogen-bond acceptors (Lipinski definition) is 3. The topological polar surface area (TPSA) is 56.1 Å². The lowest BCUT2D eigenvalue weighted by atomic mass is 9.99. The maximum absolute atomic E-state index is 12.4. The predicted octanol–water partition coefficient (Wildman–Crippen LogP) is 7.01. The van der Waals surface area contributed by atoms with Gasteiger partial charge in [0.05, 0.1) is 24.1 Å². The third-order valence-electron chi connectivity index (χ3n) is 7.35. The number of hydrogen-bond donors (Lipinski definition) is 1. The van der Waals surface area contributed by atoms with Crippen LogP contribution >= 0.6 is 0 Å². The van der Waals surface area contributed by atoms with Crippen LogP contribution < -0.4 is 10.1 Å².